The number of phenolic OH excluding ortho intramolecular Hbond substituents is 1. The molecular weight excluding hydrogens is 276 g/mol. The van der Waals surface area contributed by atoms with Crippen molar-refractivity contribution in [2.24, 2.45) is 0 Å². The van der Waals surface area contributed by atoms with Crippen molar-refractivity contribution >= 4 is 6.08 Å². The summed E-state index contributed by atoms with van der Waals surface area (Å²) in [6.07, 6.45) is 12.6. The third kappa shape index (κ3) is 7.51. The minimum absolute atomic E-state index is 0.151. The fourth-order valence-electron chi connectivity index (χ4n) is 2.43. The molecule has 1 aromatic rings. The van der Waals surface area contributed by atoms with Gasteiger partial charge in [-0.15, -0.1) is 0 Å². The predicted octanol–water partition coefficient (Wildman–Crippen LogP) is 4.92. The van der Waals surface area contributed by atoms with Crippen LogP contribution in [-0.2, 0) is 0 Å². The molecule has 0 aromatic heterocycles. The monoisotopic (exact) mass is 306 g/mol. The first-order chi connectivity index (χ1) is 10.7. The second-order valence-corrected chi connectivity index (χ2v) is 5.77. The molecule has 3 heteroatoms. The number of rotatable bonds is 11. The molecular formula is C19H30O3. The van der Waals surface area contributed by atoms with E-state index in [-0.39, 0.29) is 11.9 Å². The summed E-state index contributed by atoms with van der Waals surface area (Å²) in [5, 5.41) is 19.5. The number of phenols is 1. The summed E-state index contributed by atoms with van der Waals surface area (Å²) in [7, 11) is 1.54. The average molecular weight is 306 g/mol. The molecule has 1 atom stereocenters. The Bertz CT molecular complexity index is 440. The zero-order chi connectivity index (χ0) is 16.2. The van der Waals surface area contributed by atoms with Crippen LogP contribution >= 0.6 is 0 Å². The van der Waals surface area contributed by atoms with Crippen LogP contribution in [0.5, 0.6) is 11.5 Å². The summed E-state index contributed by atoms with van der Waals surface area (Å²) in [5.74, 6) is 0.632. The normalized spacial score (nSPS) is 12.7. The van der Waals surface area contributed by atoms with Gasteiger partial charge in [0.25, 0.3) is 0 Å². The lowest BCUT2D eigenvalue weighted by atomic mass is 10.0. The van der Waals surface area contributed by atoms with Crippen LogP contribution in [0, 0.1) is 0 Å². The highest BCUT2D eigenvalue weighted by Gasteiger charge is 2.03. The van der Waals surface area contributed by atoms with Crippen LogP contribution in [0.2, 0.25) is 0 Å². The van der Waals surface area contributed by atoms with Crippen molar-refractivity contribution in [1.82, 2.24) is 0 Å². The maximum atomic E-state index is 9.93. The molecule has 0 bridgehead atoms. The van der Waals surface area contributed by atoms with E-state index in [9.17, 15) is 10.2 Å². The van der Waals surface area contributed by atoms with E-state index in [2.05, 4.69) is 13.0 Å². The summed E-state index contributed by atoms with van der Waals surface area (Å²) in [6, 6.07) is 5.28. The van der Waals surface area contributed by atoms with Crippen LogP contribution in [-0.4, -0.2) is 23.4 Å². The Morgan fingerprint density at radius 1 is 1.14 bits per heavy atom. The fourth-order valence-corrected chi connectivity index (χ4v) is 2.43. The topological polar surface area (TPSA) is 49.7 Å². The van der Waals surface area contributed by atoms with Crippen molar-refractivity contribution in [3.05, 3.63) is 29.8 Å². The van der Waals surface area contributed by atoms with Crippen molar-refractivity contribution in [2.45, 2.75) is 64.4 Å². The van der Waals surface area contributed by atoms with E-state index in [1.54, 1.807) is 19.2 Å². The lowest BCUT2D eigenvalue weighted by molar-refractivity contribution is 0.152. The van der Waals surface area contributed by atoms with Gasteiger partial charge in [0.2, 0.25) is 0 Å². The second kappa shape index (κ2) is 11.1. The lowest BCUT2D eigenvalue weighted by Gasteiger charge is -2.08. The molecule has 0 aliphatic rings. The maximum absolute atomic E-state index is 9.93. The van der Waals surface area contributed by atoms with E-state index in [1.807, 2.05) is 12.1 Å². The van der Waals surface area contributed by atoms with Crippen LogP contribution in [0.3, 0.4) is 0 Å². The number of ether oxygens (including phenoxy) is 1. The van der Waals surface area contributed by atoms with Gasteiger partial charge in [-0.2, -0.15) is 0 Å². The van der Waals surface area contributed by atoms with E-state index in [0.717, 1.165) is 31.2 Å². The average Bonchev–Trinajstić information content (AvgIpc) is 2.52. The van der Waals surface area contributed by atoms with E-state index in [0.29, 0.717) is 5.75 Å². The van der Waals surface area contributed by atoms with Gasteiger partial charge in [0.1, 0.15) is 0 Å². The highest BCUT2D eigenvalue weighted by molar-refractivity contribution is 5.55. The lowest BCUT2D eigenvalue weighted by Crippen LogP contribution is -2.05. The molecule has 0 radical (unpaired) electrons. The van der Waals surface area contributed by atoms with Crippen LogP contribution in [0.15, 0.2) is 24.3 Å². The number of aliphatic hydroxyl groups excluding tert-OH is 1. The third-order valence-electron chi connectivity index (χ3n) is 3.82. The number of allylic oxidation sites excluding steroid dienone is 1. The highest BCUT2D eigenvalue weighted by atomic mass is 16.5. The summed E-state index contributed by atoms with van der Waals surface area (Å²) in [6.45, 7) is 2.21. The Balaban J connectivity index is 2.22. The van der Waals surface area contributed by atoms with Crippen molar-refractivity contribution < 1.29 is 14.9 Å². The molecule has 3 nitrogen and oxygen atoms in total. The number of methoxy groups -OCH3 is 1. The number of aliphatic hydroxyl groups is 1. The van der Waals surface area contributed by atoms with Crippen molar-refractivity contribution in [1.29, 1.82) is 0 Å². The fraction of sp³-hybridized carbons (Fsp3) is 0.579. The molecule has 0 aliphatic carbocycles. The van der Waals surface area contributed by atoms with E-state index >= 15 is 0 Å². The van der Waals surface area contributed by atoms with Crippen LogP contribution in [0.4, 0.5) is 0 Å². The Hall–Kier alpha value is -1.48. The van der Waals surface area contributed by atoms with Crippen LogP contribution in [0.25, 0.3) is 6.08 Å². The van der Waals surface area contributed by atoms with Gasteiger partial charge in [-0.1, -0.05) is 57.2 Å². The van der Waals surface area contributed by atoms with Crippen molar-refractivity contribution in [3.63, 3.8) is 0 Å². The predicted molar refractivity (Wildman–Crippen MR) is 92.3 cm³/mol. The zero-order valence-electron chi connectivity index (χ0n) is 13.9. The largest absolute Gasteiger partial charge is 0.504 e. The first-order valence-electron chi connectivity index (χ1n) is 8.39. The number of hydrogen-bond donors (Lipinski definition) is 2. The van der Waals surface area contributed by atoms with Crippen LogP contribution < -0.4 is 4.74 Å². The van der Waals surface area contributed by atoms with Gasteiger partial charge in [0.05, 0.1) is 13.2 Å². The minimum atomic E-state index is -0.194. The molecule has 0 aliphatic heterocycles. The molecule has 0 saturated heterocycles. The Morgan fingerprint density at radius 2 is 1.91 bits per heavy atom. The molecule has 0 spiro atoms. The summed E-state index contributed by atoms with van der Waals surface area (Å²) < 4.78 is 5.08. The summed E-state index contributed by atoms with van der Waals surface area (Å²) in [4.78, 5) is 0. The van der Waals surface area contributed by atoms with Gasteiger partial charge in [0.15, 0.2) is 11.5 Å². The van der Waals surface area contributed by atoms with E-state index in [1.165, 1.54) is 25.7 Å². The first kappa shape index (κ1) is 18.6. The molecule has 0 heterocycles. The SMILES string of the molecule is CCCCCCCC(O)CCC=Cc1ccc(O)c(OC)c1. The number of hydrogen-bond acceptors (Lipinski definition) is 3. The second-order valence-electron chi connectivity index (χ2n) is 5.77. The minimum Gasteiger partial charge on any atom is -0.504 e. The van der Waals surface area contributed by atoms with Gasteiger partial charge in [-0.05, 0) is 37.0 Å². The molecule has 1 rings (SSSR count). The smallest absolute Gasteiger partial charge is 0.161 e. The molecule has 22 heavy (non-hydrogen) atoms. The summed E-state index contributed by atoms with van der Waals surface area (Å²) in [5.41, 5.74) is 0.990. The van der Waals surface area contributed by atoms with E-state index in [4.69, 9.17) is 4.74 Å². The molecule has 0 saturated carbocycles. The van der Waals surface area contributed by atoms with Crippen LogP contribution in [0.1, 0.15) is 63.9 Å². The van der Waals surface area contributed by atoms with Gasteiger partial charge in [-0.3, -0.25) is 0 Å². The van der Waals surface area contributed by atoms with Crippen molar-refractivity contribution in [3.8, 4) is 11.5 Å². The highest BCUT2D eigenvalue weighted by Crippen LogP contribution is 2.26. The molecule has 2 N–H and O–H groups in total. The zero-order valence-corrected chi connectivity index (χ0v) is 13.9. The number of aromatic hydroxyl groups is 1. The third-order valence-corrected chi connectivity index (χ3v) is 3.82. The quantitative estimate of drug-likeness (QED) is 0.571. The Morgan fingerprint density at radius 3 is 2.64 bits per heavy atom. The van der Waals surface area contributed by atoms with Gasteiger partial charge in [-0.25, -0.2) is 0 Å². The number of unbranched alkanes of at least 4 members (excludes halogenated alkanes) is 4. The Kier molecular flexibility index (Phi) is 9.40. The van der Waals surface area contributed by atoms with Gasteiger partial charge < -0.3 is 14.9 Å². The summed E-state index contributed by atoms with van der Waals surface area (Å²) >= 11 is 0. The molecule has 0 fully saturated rings. The maximum Gasteiger partial charge on any atom is 0.161 e. The molecule has 1 aromatic carbocycles. The standard InChI is InChI=1S/C19H30O3/c1-3-4-5-6-7-11-17(20)12-9-8-10-16-13-14-18(21)19(15-16)22-2/h8,10,13-15,17,20-21H,3-7,9,11-12H2,1-2H3. The molecule has 1 unspecified atom stereocenters. The number of benzene rings is 1. The molecule has 124 valence electrons. The van der Waals surface area contributed by atoms with Crippen molar-refractivity contribution in [2.75, 3.05) is 7.11 Å². The van der Waals surface area contributed by atoms with E-state index < -0.39 is 0 Å². The Labute approximate surface area is 134 Å². The van der Waals surface area contributed by atoms with Gasteiger partial charge >= 0.3 is 0 Å². The first-order valence-corrected chi connectivity index (χ1v) is 8.39. The molecule has 0 amide bonds. The van der Waals surface area contributed by atoms with Gasteiger partial charge in [0, 0.05) is 0 Å².